The Kier molecular flexibility index (Phi) is 3.86. The zero-order chi connectivity index (χ0) is 14.0. The number of aliphatic hydroxyl groups excluding tert-OH is 1. The highest BCUT2D eigenvalue weighted by atomic mass is 16.5. The maximum absolute atomic E-state index is 10.5. The molecule has 0 radical (unpaired) electrons. The lowest BCUT2D eigenvalue weighted by Gasteiger charge is -2.16. The van der Waals surface area contributed by atoms with Gasteiger partial charge >= 0.3 is 0 Å². The number of hydrogen-bond donors (Lipinski definition) is 1. The summed E-state index contributed by atoms with van der Waals surface area (Å²) in [6, 6.07) is 9.58. The van der Waals surface area contributed by atoms with Crippen LogP contribution in [0.4, 0.5) is 0 Å². The number of methoxy groups -OCH3 is 1. The summed E-state index contributed by atoms with van der Waals surface area (Å²) in [6.45, 7) is 5.86. The minimum atomic E-state index is -0.704. The van der Waals surface area contributed by atoms with Crippen molar-refractivity contribution in [3.05, 3.63) is 58.4 Å². The lowest BCUT2D eigenvalue weighted by molar-refractivity contribution is 0.214. The van der Waals surface area contributed by atoms with Crippen LogP contribution in [-0.4, -0.2) is 17.2 Å². The molecule has 100 valence electrons. The molecule has 0 aliphatic rings. The highest BCUT2D eigenvalue weighted by Crippen LogP contribution is 2.29. The predicted octanol–water partition coefficient (Wildman–Crippen LogP) is 3.10. The van der Waals surface area contributed by atoms with E-state index in [9.17, 15) is 5.11 Å². The zero-order valence-electron chi connectivity index (χ0n) is 11.8. The molecule has 1 atom stereocenters. The molecule has 3 heteroatoms. The number of nitrogens with zero attached hydrogens (tertiary/aromatic N) is 1. The van der Waals surface area contributed by atoms with Crippen LogP contribution >= 0.6 is 0 Å². The van der Waals surface area contributed by atoms with E-state index < -0.39 is 6.10 Å². The average molecular weight is 257 g/mol. The van der Waals surface area contributed by atoms with E-state index in [4.69, 9.17) is 4.74 Å². The van der Waals surface area contributed by atoms with Crippen molar-refractivity contribution in [1.82, 2.24) is 4.98 Å². The first kappa shape index (κ1) is 13.6. The predicted molar refractivity (Wildman–Crippen MR) is 75.5 cm³/mol. The van der Waals surface area contributed by atoms with Crippen LogP contribution < -0.4 is 4.74 Å². The molecular weight excluding hydrogens is 238 g/mol. The van der Waals surface area contributed by atoms with Gasteiger partial charge in [-0.15, -0.1) is 0 Å². The van der Waals surface area contributed by atoms with Crippen molar-refractivity contribution < 1.29 is 9.84 Å². The lowest BCUT2D eigenvalue weighted by atomic mass is 9.97. The maximum Gasteiger partial charge on any atom is 0.122 e. The number of ether oxygens (including phenoxy) is 1. The molecule has 1 unspecified atom stereocenters. The van der Waals surface area contributed by atoms with Gasteiger partial charge in [-0.3, -0.25) is 4.98 Å². The second kappa shape index (κ2) is 5.41. The van der Waals surface area contributed by atoms with E-state index >= 15 is 0 Å². The molecule has 1 aromatic heterocycles. The topological polar surface area (TPSA) is 42.4 Å². The van der Waals surface area contributed by atoms with Crippen LogP contribution in [0.25, 0.3) is 0 Å². The van der Waals surface area contributed by atoms with E-state index in [1.807, 2.05) is 51.1 Å². The van der Waals surface area contributed by atoms with Crippen LogP contribution in [0.15, 0.2) is 30.3 Å². The highest BCUT2D eigenvalue weighted by molar-refractivity contribution is 5.44. The Balaban J connectivity index is 2.44. The van der Waals surface area contributed by atoms with Crippen molar-refractivity contribution in [3.8, 4) is 5.75 Å². The Labute approximate surface area is 113 Å². The molecule has 19 heavy (non-hydrogen) atoms. The fourth-order valence-corrected chi connectivity index (χ4v) is 2.20. The first-order valence-electron chi connectivity index (χ1n) is 6.29. The Morgan fingerprint density at radius 1 is 1.11 bits per heavy atom. The minimum absolute atomic E-state index is 0.674. The molecule has 0 aliphatic carbocycles. The molecule has 0 aliphatic heterocycles. The van der Waals surface area contributed by atoms with Crippen molar-refractivity contribution in [1.29, 1.82) is 0 Å². The Hall–Kier alpha value is -1.87. The van der Waals surface area contributed by atoms with Crippen molar-refractivity contribution in [3.63, 3.8) is 0 Å². The molecule has 1 N–H and O–H groups in total. The molecule has 0 amide bonds. The molecule has 1 aromatic carbocycles. The molecule has 0 bridgehead atoms. The number of rotatable bonds is 3. The van der Waals surface area contributed by atoms with Gasteiger partial charge in [0.2, 0.25) is 0 Å². The van der Waals surface area contributed by atoms with Crippen LogP contribution in [0.2, 0.25) is 0 Å². The van der Waals surface area contributed by atoms with Crippen LogP contribution in [0, 0.1) is 20.8 Å². The number of benzene rings is 1. The number of aliphatic hydroxyl groups is 1. The smallest absolute Gasteiger partial charge is 0.122 e. The SMILES string of the molecule is COc1cc(C)c(C(O)c2cccc(C)n2)cc1C. The van der Waals surface area contributed by atoms with Crippen molar-refractivity contribution >= 4 is 0 Å². The largest absolute Gasteiger partial charge is 0.496 e. The molecule has 3 nitrogen and oxygen atoms in total. The fraction of sp³-hybridized carbons (Fsp3) is 0.312. The first-order valence-corrected chi connectivity index (χ1v) is 6.29. The molecule has 1 heterocycles. The summed E-state index contributed by atoms with van der Waals surface area (Å²) in [6.07, 6.45) is -0.704. The monoisotopic (exact) mass is 257 g/mol. The van der Waals surface area contributed by atoms with Gasteiger partial charge in [0.15, 0.2) is 0 Å². The van der Waals surface area contributed by atoms with E-state index in [0.717, 1.165) is 28.1 Å². The van der Waals surface area contributed by atoms with Gasteiger partial charge in [0.05, 0.1) is 12.8 Å². The van der Waals surface area contributed by atoms with Gasteiger partial charge in [-0.05, 0) is 61.7 Å². The summed E-state index contributed by atoms with van der Waals surface area (Å²) in [5, 5.41) is 10.5. The Morgan fingerprint density at radius 2 is 1.84 bits per heavy atom. The number of pyridine rings is 1. The standard InChI is InChI=1S/C16H19NO2/c1-10-9-15(19-4)11(2)8-13(10)16(18)14-7-5-6-12(3)17-14/h5-9,16,18H,1-4H3. The fourth-order valence-electron chi connectivity index (χ4n) is 2.20. The maximum atomic E-state index is 10.5. The van der Waals surface area contributed by atoms with E-state index in [0.29, 0.717) is 5.69 Å². The summed E-state index contributed by atoms with van der Waals surface area (Å²) in [4.78, 5) is 4.38. The summed E-state index contributed by atoms with van der Waals surface area (Å²) in [5.74, 6) is 0.839. The minimum Gasteiger partial charge on any atom is -0.496 e. The number of hydrogen-bond acceptors (Lipinski definition) is 3. The van der Waals surface area contributed by atoms with E-state index in [1.165, 1.54) is 0 Å². The first-order chi connectivity index (χ1) is 9.02. The molecule has 0 spiro atoms. The number of aromatic nitrogens is 1. The van der Waals surface area contributed by atoms with E-state index in [1.54, 1.807) is 7.11 Å². The Morgan fingerprint density at radius 3 is 2.47 bits per heavy atom. The van der Waals surface area contributed by atoms with Gasteiger partial charge in [0, 0.05) is 5.69 Å². The average Bonchev–Trinajstić information content (AvgIpc) is 2.40. The third-order valence-corrected chi connectivity index (χ3v) is 3.27. The van der Waals surface area contributed by atoms with Crippen molar-refractivity contribution in [2.45, 2.75) is 26.9 Å². The summed E-state index contributed by atoms with van der Waals surface area (Å²) >= 11 is 0. The molecule has 2 rings (SSSR count). The van der Waals surface area contributed by atoms with Crippen molar-refractivity contribution in [2.24, 2.45) is 0 Å². The van der Waals surface area contributed by atoms with Crippen LogP contribution in [0.5, 0.6) is 5.75 Å². The van der Waals surface area contributed by atoms with E-state index in [-0.39, 0.29) is 0 Å². The van der Waals surface area contributed by atoms with Gasteiger partial charge in [-0.25, -0.2) is 0 Å². The van der Waals surface area contributed by atoms with Gasteiger partial charge in [-0.2, -0.15) is 0 Å². The molecule has 0 fully saturated rings. The van der Waals surface area contributed by atoms with Gasteiger partial charge in [0.1, 0.15) is 11.9 Å². The third kappa shape index (κ3) is 2.76. The molecule has 0 saturated carbocycles. The molecule has 0 saturated heterocycles. The van der Waals surface area contributed by atoms with Gasteiger partial charge in [-0.1, -0.05) is 6.07 Å². The molecule has 2 aromatic rings. The third-order valence-electron chi connectivity index (χ3n) is 3.27. The molecular formula is C16H19NO2. The lowest BCUT2D eigenvalue weighted by Crippen LogP contribution is -2.06. The van der Waals surface area contributed by atoms with Crippen LogP contribution in [-0.2, 0) is 0 Å². The summed E-state index contributed by atoms with van der Waals surface area (Å²) in [7, 11) is 1.65. The second-order valence-electron chi connectivity index (χ2n) is 4.78. The van der Waals surface area contributed by atoms with Crippen LogP contribution in [0.1, 0.15) is 34.2 Å². The normalized spacial score (nSPS) is 12.3. The van der Waals surface area contributed by atoms with E-state index in [2.05, 4.69) is 4.98 Å². The van der Waals surface area contributed by atoms with Crippen LogP contribution in [0.3, 0.4) is 0 Å². The summed E-state index contributed by atoms with van der Waals surface area (Å²) in [5.41, 5.74) is 4.46. The Bertz CT molecular complexity index is 593. The van der Waals surface area contributed by atoms with Crippen molar-refractivity contribution in [2.75, 3.05) is 7.11 Å². The number of aryl methyl sites for hydroxylation is 3. The van der Waals surface area contributed by atoms with Gasteiger partial charge in [0.25, 0.3) is 0 Å². The zero-order valence-corrected chi connectivity index (χ0v) is 11.8. The second-order valence-corrected chi connectivity index (χ2v) is 4.78. The highest BCUT2D eigenvalue weighted by Gasteiger charge is 2.16. The quantitative estimate of drug-likeness (QED) is 0.918. The summed E-state index contributed by atoms with van der Waals surface area (Å²) < 4.78 is 5.29. The van der Waals surface area contributed by atoms with Gasteiger partial charge < -0.3 is 9.84 Å².